The molecular weight excluding hydrogens is 640 g/mol. The van der Waals surface area contributed by atoms with Crippen molar-refractivity contribution in [2.45, 2.75) is 47.0 Å². The SMILES string of the molecule is NI.O=S(=O)(O)C(F)(F)C(F)(F)C(F)(F)C(F)(F)C(F)(F)C(F)(F)C(F)(F)C(F)(F)F. The Morgan fingerprint density at radius 2 is 0.677 bits per heavy atom. The smallest absolute Gasteiger partial charge is 0.281 e. The van der Waals surface area contributed by atoms with Gasteiger partial charge in [-0.05, 0) is 0 Å². The second-order valence-corrected chi connectivity index (χ2v) is 6.40. The number of hydrogen-bond acceptors (Lipinski definition) is 3. The fourth-order valence-electron chi connectivity index (χ4n) is 1.31. The summed E-state index contributed by atoms with van der Waals surface area (Å²) in [5.74, 6) is -52.0. The fourth-order valence-corrected chi connectivity index (χ4v) is 1.76. The molecule has 31 heavy (non-hydrogen) atoms. The maximum atomic E-state index is 13.0. The van der Waals surface area contributed by atoms with E-state index in [1.807, 2.05) is 0 Å². The Morgan fingerprint density at radius 1 is 0.484 bits per heavy atom. The third kappa shape index (κ3) is 4.33. The van der Waals surface area contributed by atoms with E-state index in [2.05, 4.69) is 3.95 Å². The molecule has 0 unspecified atom stereocenters. The molecule has 0 radical (unpaired) electrons. The van der Waals surface area contributed by atoms with E-state index in [1.165, 1.54) is 0 Å². The lowest BCUT2D eigenvalue weighted by Crippen LogP contribution is -2.74. The molecule has 3 N–H and O–H groups in total. The van der Waals surface area contributed by atoms with Gasteiger partial charge in [-0.25, -0.2) is 0 Å². The van der Waals surface area contributed by atoms with Crippen molar-refractivity contribution in [3.63, 3.8) is 0 Å². The van der Waals surface area contributed by atoms with Crippen LogP contribution in [-0.4, -0.2) is 59.9 Å². The first kappa shape index (κ1) is 32.6. The molecule has 0 heterocycles. The van der Waals surface area contributed by atoms with Crippen LogP contribution < -0.4 is 3.95 Å². The van der Waals surface area contributed by atoms with Crippen LogP contribution in [0.5, 0.6) is 0 Å². The maximum Gasteiger partial charge on any atom is 0.460 e. The van der Waals surface area contributed by atoms with Gasteiger partial charge in [0.05, 0.1) is 0 Å². The highest BCUT2D eigenvalue weighted by atomic mass is 127. The van der Waals surface area contributed by atoms with E-state index >= 15 is 0 Å². The average molecular weight is 643 g/mol. The summed E-state index contributed by atoms with van der Waals surface area (Å²) in [4.78, 5) is 0. The first-order valence-corrected chi connectivity index (χ1v) is 8.59. The Morgan fingerprint density at radius 3 is 0.871 bits per heavy atom. The van der Waals surface area contributed by atoms with Crippen molar-refractivity contribution in [2.24, 2.45) is 3.95 Å². The summed E-state index contributed by atoms with van der Waals surface area (Å²) < 4.78 is 247. The molecule has 0 aromatic heterocycles. The minimum atomic E-state index is -8.89. The molecule has 0 rings (SSSR count). The van der Waals surface area contributed by atoms with Crippen LogP contribution in [0.2, 0.25) is 0 Å². The van der Waals surface area contributed by atoms with Crippen LogP contribution in [0.15, 0.2) is 0 Å². The lowest BCUT2D eigenvalue weighted by atomic mass is 9.91. The topological polar surface area (TPSA) is 80.4 Å². The molecule has 4 nitrogen and oxygen atoms in total. The van der Waals surface area contributed by atoms with Crippen LogP contribution in [0.3, 0.4) is 0 Å². The van der Waals surface area contributed by atoms with Crippen LogP contribution in [-0.2, 0) is 10.1 Å². The van der Waals surface area contributed by atoms with Crippen LogP contribution in [0.25, 0.3) is 0 Å². The maximum absolute atomic E-state index is 13.0. The van der Waals surface area contributed by atoms with Crippen LogP contribution in [0.4, 0.5) is 74.6 Å². The van der Waals surface area contributed by atoms with Gasteiger partial charge in [-0.1, -0.05) is 0 Å². The second-order valence-electron chi connectivity index (χ2n) is 4.94. The van der Waals surface area contributed by atoms with E-state index in [0.717, 1.165) is 0 Å². The minimum absolute atomic E-state index is 1.65. The summed E-state index contributed by atoms with van der Waals surface area (Å²) in [5, 5.41) is -7.84. The normalized spacial score (nSPS) is 16.0. The summed E-state index contributed by atoms with van der Waals surface area (Å²) in [6.45, 7) is 0. The van der Waals surface area contributed by atoms with Crippen molar-refractivity contribution in [1.29, 1.82) is 0 Å². The molecule has 0 atom stereocenters. The highest BCUT2D eigenvalue weighted by Gasteiger charge is 2.96. The Labute approximate surface area is 172 Å². The molecule has 23 heteroatoms. The number of alkyl halides is 17. The highest BCUT2D eigenvalue weighted by molar-refractivity contribution is 14.1. The minimum Gasteiger partial charge on any atom is -0.281 e. The average Bonchev–Trinajstić information content (AvgIpc) is 2.53. The summed E-state index contributed by atoms with van der Waals surface area (Å²) in [6, 6.07) is 0. The summed E-state index contributed by atoms with van der Waals surface area (Å²) in [6.07, 6.45) is -7.88. The van der Waals surface area contributed by atoms with Gasteiger partial charge in [0.1, 0.15) is 0 Å². The van der Waals surface area contributed by atoms with Gasteiger partial charge in [-0.2, -0.15) is 83.1 Å². The number of hydrogen-bond donors (Lipinski definition) is 2. The number of halogens is 18. The molecule has 0 aromatic carbocycles. The molecule has 0 fully saturated rings. The predicted molar refractivity (Wildman–Crippen MR) is 70.4 cm³/mol. The van der Waals surface area contributed by atoms with Crippen molar-refractivity contribution in [3.8, 4) is 0 Å². The Bertz CT molecular complexity index is 745. The zero-order valence-corrected chi connectivity index (χ0v) is 16.0. The molecular formula is C8H3F17INO3S. The van der Waals surface area contributed by atoms with Gasteiger partial charge in [0.15, 0.2) is 0 Å². The third-order valence-electron chi connectivity index (χ3n) is 3.02. The molecule has 190 valence electrons. The van der Waals surface area contributed by atoms with Crippen LogP contribution >= 0.6 is 22.9 Å². The summed E-state index contributed by atoms with van der Waals surface area (Å²) in [7, 11) is -7.89. The van der Waals surface area contributed by atoms with Crippen molar-refractivity contribution in [1.82, 2.24) is 0 Å². The molecule has 0 aromatic rings. The molecule has 0 spiro atoms. The number of nitrogens with two attached hydrogens (primary N) is 1. The van der Waals surface area contributed by atoms with Gasteiger partial charge >= 0.3 is 57.1 Å². The van der Waals surface area contributed by atoms with E-state index < -0.39 is 57.1 Å². The van der Waals surface area contributed by atoms with Gasteiger partial charge in [-0.3, -0.25) is 8.50 Å². The van der Waals surface area contributed by atoms with Gasteiger partial charge in [-0.15, -0.1) is 0 Å². The summed E-state index contributed by atoms with van der Waals surface area (Å²) in [5.41, 5.74) is 0. The van der Waals surface area contributed by atoms with E-state index in [9.17, 15) is 83.1 Å². The first-order valence-electron chi connectivity index (χ1n) is 5.90. The summed E-state index contributed by atoms with van der Waals surface area (Å²) >= 11 is 1.65. The fraction of sp³-hybridized carbons (Fsp3) is 1.00. The monoisotopic (exact) mass is 643 g/mol. The van der Waals surface area contributed by atoms with Gasteiger partial charge in [0, 0.05) is 22.9 Å². The quantitative estimate of drug-likeness (QED) is 0.175. The lowest BCUT2D eigenvalue weighted by molar-refractivity contribution is -0.458. The lowest BCUT2D eigenvalue weighted by Gasteiger charge is -2.42. The molecule has 0 aliphatic heterocycles. The van der Waals surface area contributed by atoms with Gasteiger partial charge in [0.2, 0.25) is 0 Å². The third-order valence-corrected chi connectivity index (χ3v) is 3.92. The molecule has 0 aliphatic carbocycles. The second kappa shape index (κ2) is 8.32. The van der Waals surface area contributed by atoms with Crippen molar-refractivity contribution in [2.75, 3.05) is 0 Å². The molecule has 0 saturated heterocycles. The van der Waals surface area contributed by atoms with E-state index in [0.29, 0.717) is 0 Å². The Balaban J connectivity index is 0. The van der Waals surface area contributed by atoms with E-state index in [4.69, 9.17) is 4.55 Å². The Hall–Kier alpha value is -0.590. The zero-order valence-electron chi connectivity index (χ0n) is 13.1. The standard InChI is InChI=1S/C8HF17O3S.H2IN/c9-1(10,3(13,14)5(17,18)7(21,22)23)2(11,12)4(15,16)6(19,20)8(24,25)29(26,27)28;1-2/h(H,26,27,28);2H2. The molecule has 0 bridgehead atoms. The van der Waals surface area contributed by atoms with Crippen molar-refractivity contribution in [3.05, 3.63) is 0 Å². The first-order chi connectivity index (χ1) is 13.0. The zero-order chi connectivity index (χ0) is 26.5. The van der Waals surface area contributed by atoms with Crippen molar-refractivity contribution >= 4 is 33.0 Å². The predicted octanol–water partition coefficient (Wildman–Crippen LogP) is 5.14. The van der Waals surface area contributed by atoms with Gasteiger partial charge < -0.3 is 0 Å². The molecule has 0 saturated carbocycles. The van der Waals surface area contributed by atoms with E-state index in [1.54, 1.807) is 22.9 Å². The molecule has 0 aliphatic rings. The van der Waals surface area contributed by atoms with Crippen LogP contribution in [0.1, 0.15) is 0 Å². The van der Waals surface area contributed by atoms with Crippen molar-refractivity contribution < 1.29 is 87.6 Å². The van der Waals surface area contributed by atoms with E-state index in [-0.39, 0.29) is 0 Å². The largest absolute Gasteiger partial charge is 0.460 e. The number of rotatable bonds is 7. The highest BCUT2D eigenvalue weighted by Crippen LogP contribution is 2.64. The molecule has 0 amide bonds. The van der Waals surface area contributed by atoms with Crippen LogP contribution in [0, 0.1) is 0 Å². The van der Waals surface area contributed by atoms with Gasteiger partial charge in [0.25, 0.3) is 0 Å². The Kier molecular flexibility index (Phi) is 8.75.